The molecule has 2 aliphatic rings. The fraction of sp³-hybridized carbons (Fsp3) is 0.231. The number of hydrogen-bond acceptors (Lipinski definition) is 2. The summed E-state index contributed by atoms with van der Waals surface area (Å²) in [6.07, 6.45) is 7.49. The Labute approximate surface area is 87.4 Å². The van der Waals surface area contributed by atoms with Crippen molar-refractivity contribution in [1.29, 1.82) is 0 Å². The van der Waals surface area contributed by atoms with Crippen LogP contribution in [0.4, 0.5) is 5.69 Å². The average Bonchev–Trinajstić information content (AvgIpc) is 2.90. The minimum absolute atomic E-state index is 0.527. The lowest BCUT2D eigenvalue weighted by molar-refractivity contribution is 0.609. The Hall–Kier alpha value is -1.70. The largest absolute Gasteiger partial charge is 0.464 e. The monoisotopic (exact) mass is 197 g/mol. The molecule has 2 bridgehead atoms. The number of nitrogen functional groups attached to an aromatic ring is 1. The summed E-state index contributed by atoms with van der Waals surface area (Å²) in [4.78, 5) is 0. The molecule has 1 heterocycles. The molecule has 0 spiro atoms. The molecule has 2 atom stereocenters. The van der Waals surface area contributed by atoms with Crippen molar-refractivity contribution in [2.75, 3.05) is 5.73 Å². The van der Waals surface area contributed by atoms with E-state index in [0.717, 1.165) is 16.7 Å². The van der Waals surface area contributed by atoms with Gasteiger partial charge in [0, 0.05) is 28.5 Å². The van der Waals surface area contributed by atoms with Crippen LogP contribution in [0.3, 0.4) is 0 Å². The van der Waals surface area contributed by atoms with E-state index in [1.54, 1.807) is 6.26 Å². The summed E-state index contributed by atoms with van der Waals surface area (Å²) in [6.45, 7) is 0. The van der Waals surface area contributed by atoms with Crippen LogP contribution in [0.2, 0.25) is 0 Å². The Bertz CT molecular complexity index is 594. The molecule has 1 aromatic carbocycles. The number of allylic oxidation sites excluding steroid dienone is 2. The van der Waals surface area contributed by atoms with E-state index in [2.05, 4.69) is 12.2 Å². The van der Waals surface area contributed by atoms with Gasteiger partial charge >= 0.3 is 0 Å². The lowest BCUT2D eigenvalue weighted by Gasteiger charge is -2.13. The number of furan rings is 1. The van der Waals surface area contributed by atoms with E-state index in [-0.39, 0.29) is 0 Å². The third kappa shape index (κ3) is 0.765. The highest BCUT2D eigenvalue weighted by molar-refractivity contribution is 5.89. The molecular formula is C13H11NO. The second-order valence-corrected chi connectivity index (χ2v) is 4.47. The van der Waals surface area contributed by atoms with Crippen LogP contribution in [-0.4, -0.2) is 0 Å². The normalized spacial score (nSPS) is 26.4. The SMILES string of the molecule is Nc1cc2ccoc2c2c1C1C=CC2C1. The van der Waals surface area contributed by atoms with Crippen molar-refractivity contribution < 1.29 is 4.42 Å². The van der Waals surface area contributed by atoms with Crippen LogP contribution in [0.15, 0.2) is 35.0 Å². The van der Waals surface area contributed by atoms with Gasteiger partial charge < -0.3 is 10.2 Å². The molecule has 0 saturated carbocycles. The summed E-state index contributed by atoms with van der Waals surface area (Å²) < 4.78 is 5.58. The van der Waals surface area contributed by atoms with Gasteiger partial charge in [0.15, 0.2) is 0 Å². The van der Waals surface area contributed by atoms with E-state index in [1.807, 2.05) is 12.1 Å². The molecule has 2 heteroatoms. The Morgan fingerprint density at radius 1 is 1.20 bits per heavy atom. The molecule has 2 aliphatic carbocycles. The van der Waals surface area contributed by atoms with Crippen LogP contribution >= 0.6 is 0 Å². The number of benzene rings is 1. The standard InChI is InChI=1S/C13H11NO/c14-10-6-9-3-4-15-13(9)12-8-2-1-7(5-8)11(10)12/h1-4,6-8H,5,14H2. The summed E-state index contributed by atoms with van der Waals surface area (Å²) >= 11 is 0. The van der Waals surface area contributed by atoms with Crippen molar-refractivity contribution in [3.05, 3.63) is 41.7 Å². The first-order valence-electron chi connectivity index (χ1n) is 5.32. The summed E-state index contributed by atoms with van der Waals surface area (Å²) in [5, 5.41) is 1.13. The zero-order valence-electron chi connectivity index (χ0n) is 8.23. The van der Waals surface area contributed by atoms with Crippen molar-refractivity contribution in [2.45, 2.75) is 18.3 Å². The van der Waals surface area contributed by atoms with Gasteiger partial charge in [-0.2, -0.15) is 0 Å². The Kier molecular flexibility index (Phi) is 1.15. The smallest absolute Gasteiger partial charge is 0.138 e. The first-order chi connectivity index (χ1) is 7.34. The minimum Gasteiger partial charge on any atom is -0.464 e. The highest BCUT2D eigenvalue weighted by Crippen LogP contribution is 2.53. The molecule has 0 radical (unpaired) electrons. The number of nitrogens with two attached hydrogens (primary N) is 1. The maximum Gasteiger partial charge on any atom is 0.138 e. The van der Waals surface area contributed by atoms with Crippen LogP contribution < -0.4 is 5.73 Å². The first kappa shape index (κ1) is 7.57. The van der Waals surface area contributed by atoms with Gasteiger partial charge in [0.2, 0.25) is 0 Å². The molecule has 1 aromatic heterocycles. The molecular weight excluding hydrogens is 186 g/mol. The lowest BCUT2D eigenvalue weighted by Crippen LogP contribution is -1.99. The number of fused-ring (bicyclic) bond motifs is 7. The van der Waals surface area contributed by atoms with Gasteiger partial charge in [-0.05, 0) is 24.1 Å². The average molecular weight is 197 g/mol. The zero-order valence-corrected chi connectivity index (χ0v) is 8.23. The summed E-state index contributed by atoms with van der Waals surface area (Å²) in [5.41, 5.74) is 10.7. The fourth-order valence-corrected chi connectivity index (χ4v) is 3.08. The van der Waals surface area contributed by atoms with Gasteiger partial charge in [-0.15, -0.1) is 0 Å². The Morgan fingerprint density at radius 3 is 2.87 bits per heavy atom. The maximum absolute atomic E-state index is 6.11. The Balaban J connectivity index is 2.20. The van der Waals surface area contributed by atoms with Gasteiger partial charge in [0.05, 0.1) is 6.26 Å². The summed E-state index contributed by atoms with van der Waals surface area (Å²) in [7, 11) is 0. The van der Waals surface area contributed by atoms with E-state index in [0.29, 0.717) is 11.8 Å². The molecule has 0 saturated heterocycles. The van der Waals surface area contributed by atoms with E-state index in [1.165, 1.54) is 17.5 Å². The second kappa shape index (κ2) is 2.27. The molecule has 4 rings (SSSR count). The number of anilines is 1. The van der Waals surface area contributed by atoms with Crippen LogP contribution in [-0.2, 0) is 0 Å². The lowest BCUT2D eigenvalue weighted by atomic mass is 9.93. The van der Waals surface area contributed by atoms with Gasteiger partial charge in [0.25, 0.3) is 0 Å². The van der Waals surface area contributed by atoms with Crippen molar-refractivity contribution in [2.24, 2.45) is 0 Å². The van der Waals surface area contributed by atoms with Gasteiger partial charge in [-0.1, -0.05) is 12.2 Å². The van der Waals surface area contributed by atoms with Gasteiger partial charge in [0.1, 0.15) is 5.58 Å². The molecule has 2 N–H and O–H groups in total. The molecule has 74 valence electrons. The second-order valence-electron chi connectivity index (χ2n) is 4.47. The van der Waals surface area contributed by atoms with E-state index in [9.17, 15) is 0 Å². The molecule has 0 fully saturated rings. The van der Waals surface area contributed by atoms with Crippen LogP contribution in [0.25, 0.3) is 11.0 Å². The quantitative estimate of drug-likeness (QED) is 0.520. The summed E-state index contributed by atoms with van der Waals surface area (Å²) in [5.74, 6) is 1.06. The van der Waals surface area contributed by atoms with Crippen molar-refractivity contribution in [3.63, 3.8) is 0 Å². The zero-order chi connectivity index (χ0) is 9.99. The highest BCUT2D eigenvalue weighted by atomic mass is 16.3. The third-order valence-corrected chi connectivity index (χ3v) is 3.68. The fourth-order valence-electron chi connectivity index (χ4n) is 3.08. The summed E-state index contributed by atoms with van der Waals surface area (Å²) in [6, 6.07) is 4.02. The van der Waals surface area contributed by atoms with Gasteiger partial charge in [-0.25, -0.2) is 0 Å². The van der Waals surface area contributed by atoms with Crippen molar-refractivity contribution in [3.8, 4) is 0 Å². The van der Waals surface area contributed by atoms with Crippen LogP contribution in [0.1, 0.15) is 29.4 Å². The first-order valence-corrected chi connectivity index (χ1v) is 5.32. The van der Waals surface area contributed by atoms with Crippen LogP contribution in [0.5, 0.6) is 0 Å². The van der Waals surface area contributed by atoms with Crippen molar-refractivity contribution >= 4 is 16.7 Å². The topological polar surface area (TPSA) is 39.2 Å². The van der Waals surface area contributed by atoms with E-state index in [4.69, 9.17) is 10.2 Å². The Morgan fingerprint density at radius 2 is 2.00 bits per heavy atom. The highest BCUT2D eigenvalue weighted by Gasteiger charge is 2.36. The number of rotatable bonds is 0. The molecule has 15 heavy (non-hydrogen) atoms. The minimum atomic E-state index is 0.527. The van der Waals surface area contributed by atoms with Crippen LogP contribution in [0, 0.1) is 0 Å². The predicted molar refractivity (Wildman–Crippen MR) is 59.9 cm³/mol. The molecule has 0 aliphatic heterocycles. The number of hydrogen-bond donors (Lipinski definition) is 1. The van der Waals surface area contributed by atoms with Gasteiger partial charge in [-0.3, -0.25) is 0 Å². The molecule has 0 amide bonds. The van der Waals surface area contributed by atoms with E-state index >= 15 is 0 Å². The molecule has 2 unspecified atom stereocenters. The predicted octanol–water partition coefficient (Wildman–Crippen LogP) is 3.16. The van der Waals surface area contributed by atoms with Crippen molar-refractivity contribution in [1.82, 2.24) is 0 Å². The molecule has 2 nitrogen and oxygen atoms in total. The third-order valence-electron chi connectivity index (χ3n) is 3.68. The maximum atomic E-state index is 6.11. The van der Waals surface area contributed by atoms with E-state index < -0.39 is 0 Å². The molecule has 2 aromatic rings.